The molecular weight excluding hydrogens is 176 g/mol. The number of hydrogen-bond donors (Lipinski definition) is 3. The molecule has 0 aromatic heterocycles. The summed E-state index contributed by atoms with van der Waals surface area (Å²) in [5.41, 5.74) is 12.6. The van der Waals surface area contributed by atoms with Crippen LogP contribution in [0, 0.1) is 0 Å². The summed E-state index contributed by atoms with van der Waals surface area (Å²) >= 11 is 0. The third-order valence-electron chi connectivity index (χ3n) is 1.66. The van der Waals surface area contributed by atoms with E-state index in [0.717, 1.165) is 11.3 Å². The van der Waals surface area contributed by atoms with Crippen LogP contribution in [0.4, 0.5) is 5.69 Å². The summed E-state index contributed by atoms with van der Waals surface area (Å²) in [6.45, 7) is 0.526. The van der Waals surface area contributed by atoms with Gasteiger partial charge in [-0.25, -0.2) is 4.99 Å². The Morgan fingerprint density at radius 1 is 1.43 bits per heavy atom. The molecule has 0 bridgehead atoms. The van der Waals surface area contributed by atoms with Crippen molar-refractivity contribution in [2.24, 2.45) is 16.5 Å². The third kappa shape index (κ3) is 3.80. The molecule has 0 fully saturated rings. The van der Waals surface area contributed by atoms with E-state index in [9.17, 15) is 0 Å². The number of aliphatic imine (C=N–C) groups is 1. The Hall–Kier alpha value is -1.71. The molecule has 0 spiro atoms. The molecule has 1 aromatic carbocycles. The Morgan fingerprint density at radius 2 is 2.14 bits per heavy atom. The SMILES string of the molecule is C.CNc1cccc(CN=C(N)N)c1. The summed E-state index contributed by atoms with van der Waals surface area (Å²) in [5, 5.41) is 3.04. The maximum absolute atomic E-state index is 5.22. The van der Waals surface area contributed by atoms with Gasteiger partial charge in [0.05, 0.1) is 6.54 Å². The van der Waals surface area contributed by atoms with Crippen molar-refractivity contribution >= 4 is 11.6 Å². The molecule has 0 unspecified atom stereocenters. The molecule has 0 atom stereocenters. The van der Waals surface area contributed by atoms with Gasteiger partial charge in [-0.3, -0.25) is 0 Å². The standard InChI is InChI=1S/C9H14N4.CH4/c1-12-8-4-2-3-7(5-8)6-13-9(10)11;/h2-5,12H,6H2,1H3,(H4,10,11,13);1H4. The number of nitrogens with one attached hydrogen (secondary N) is 1. The van der Waals surface area contributed by atoms with Gasteiger partial charge in [-0.05, 0) is 17.7 Å². The fourth-order valence-electron chi connectivity index (χ4n) is 1.01. The van der Waals surface area contributed by atoms with E-state index < -0.39 is 0 Å². The molecule has 4 nitrogen and oxygen atoms in total. The van der Waals surface area contributed by atoms with Gasteiger partial charge in [0, 0.05) is 12.7 Å². The second kappa shape index (κ2) is 5.85. The molecule has 0 saturated carbocycles. The predicted octanol–water partition coefficient (Wildman–Crippen LogP) is 1.14. The van der Waals surface area contributed by atoms with Crippen molar-refractivity contribution in [2.75, 3.05) is 12.4 Å². The molecule has 0 saturated heterocycles. The molecule has 0 aliphatic rings. The molecule has 14 heavy (non-hydrogen) atoms. The van der Waals surface area contributed by atoms with Crippen molar-refractivity contribution in [1.82, 2.24) is 0 Å². The average Bonchev–Trinajstić information content (AvgIpc) is 2.15. The monoisotopic (exact) mass is 194 g/mol. The van der Waals surface area contributed by atoms with Crippen LogP contribution in [0.2, 0.25) is 0 Å². The normalized spacial score (nSPS) is 8.64. The second-order valence-electron chi connectivity index (χ2n) is 2.69. The van der Waals surface area contributed by atoms with E-state index in [1.54, 1.807) is 0 Å². The van der Waals surface area contributed by atoms with Crippen LogP contribution in [0.5, 0.6) is 0 Å². The highest BCUT2D eigenvalue weighted by Crippen LogP contribution is 2.10. The minimum Gasteiger partial charge on any atom is -0.388 e. The minimum atomic E-state index is 0. The molecule has 0 aliphatic carbocycles. The summed E-state index contributed by atoms with van der Waals surface area (Å²) in [7, 11) is 1.87. The molecule has 0 radical (unpaired) electrons. The summed E-state index contributed by atoms with van der Waals surface area (Å²) in [6.07, 6.45) is 0. The van der Waals surface area contributed by atoms with E-state index >= 15 is 0 Å². The number of nitrogens with two attached hydrogens (primary N) is 2. The van der Waals surface area contributed by atoms with Gasteiger partial charge in [0.15, 0.2) is 5.96 Å². The van der Waals surface area contributed by atoms with E-state index in [1.165, 1.54) is 0 Å². The first-order valence-corrected chi connectivity index (χ1v) is 4.04. The lowest BCUT2D eigenvalue weighted by atomic mass is 10.2. The Bertz CT molecular complexity index is 303. The first-order valence-electron chi connectivity index (χ1n) is 4.04. The van der Waals surface area contributed by atoms with Crippen LogP contribution >= 0.6 is 0 Å². The zero-order valence-electron chi connectivity index (χ0n) is 7.62. The van der Waals surface area contributed by atoms with Crippen LogP contribution < -0.4 is 16.8 Å². The van der Waals surface area contributed by atoms with Gasteiger partial charge < -0.3 is 16.8 Å². The van der Waals surface area contributed by atoms with E-state index in [0.29, 0.717) is 6.54 Å². The zero-order chi connectivity index (χ0) is 9.68. The van der Waals surface area contributed by atoms with Crippen molar-refractivity contribution in [1.29, 1.82) is 0 Å². The summed E-state index contributed by atoms with van der Waals surface area (Å²) < 4.78 is 0. The maximum atomic E-state index is 5.22. The highest BCUT2D eigenvalue weighted by Gasteiger charge is 1.92. The molecule has 0 heterocycles. The number of anilines is 1. The lowest BCUT2D eigenvalue weighted by Crippen LogP contribution is -2.22. The van der Waals surface area contributed by atoms with Gasteiger partial charge in [0.25, 0.3) is 0 Å². The van der Waals surface area contributed by atoms with E-state index in [-0.39, 0.29) is 13.4 Å². The minimum absolute atomic E-state index is 0. The number of guanidine groups is 1. The molecular formula is C10H18N4. The largest absolute Gasteiger partial charge is 0.388 e. The van der Waals surface area contributed by atoms with Crippen LogP contribution in [-0.4, -0.2) is 13.0 Å². The van der Waals surface area contributed by atoms with Crippen molar-refractivity contribution < 1.29 is 0 Å². The fraction of sp³-hybridized carbons (Fsp3) is 0.300. The van der Waals surface area contributed by atoms with E-state index in [4.69, 9.17) is 11.5 Å². The van der Waals surface area contributed by atoms with Crippen LogP contribution in [0.3, 0.4) is 0 Å². The lowest BCUT2D eigenvalue weighted by Gasteiger charge is -2.01. The number of benzene rings is 1. The Balaban J connectivity index is 0.00000169. The van der Waals surface area contributed by atoms with Gasteiger partial charge in [-0.15, -0.1) is 0 Å². The van der Waals surface area contributed by atoms with Gasteiger partial charge in [0.2, 0.25) is 0 Å². The first-order chi connectivity index (χ1) is 6.22. The summed E-state index contributed by atoms with van der Waals surface area (Å²) in [6, 6.07) is 7.93. The topological polar surface area (TPSA) is 76.4 Å². The molecule has 78 valence electrons. The first kappa shape index (κ1) is 12.3. The summed E-state index contributed by atoms with van der Waals surface area (Å²) in [5.74, 6) is 0.120. The zero-order valence-corrected chi connectivity index (χ0v) is 7.62. The number of hydrogen-bond acceptors (Lipinski definition) is 2. The smallest absolute Gasteiger partial charge is 0.186 e. The number of rotatable bonds is 3. The third-order valence-corrected chi connectivity index (χ3v) is 1.66. The van der Waals surface area contributed by atoms with Crippen LogP contribution in [-0.2, 0) is 6.54 Å². The van der Waals surface area contributed by atoms with Gasteiger partial charge in [-0.1, -0.05) is 19.6 Å². The average molecular weight is 194 g/mol. The molecule has 4 heteroatoms. The molecule has 0 amide bonds. The predicted molar refractivity (Wildman–Crippen MR) is 62.2 cm³/mol. The molecule has 0 aliphatic heterocycles. The summed E-state index contributed by atoms with van der Waals surface area (Å²) in [4.78, 5) is 3.91. The van der Waals surface area contributed by atoms with Crippen LogP contribution in [0.15, 0.2) is 29.3 Å². The highest BCUT2D eigenvalue weighted by molar-refractivity contribution is 5.75. The highest BCUT2D eigenvalue weighted by atomic mass is 15.0. The molecule has 1 aromatic rings. The van der Waals surface area contributed by atoms with Gasteiger partial charge in [0.1, 0.15) is 0 Å². The Morgan fingerprint density at radius 3 is 2.71 bits per heavy atom. The quantitative estimate of drug-likeness (QED) is 0.499. The Kier molecular flexibility index (Phi) is 5.14. The number of nitrogens with zero attached hydrogens (tertiary/aromatic N) is 1. The van der Waals surface area contributed by atoms with Crippen molar-refractivity contribution in [3.63, 3.8) is 0 Å². The molecule has 1 rings (SSSR count). The van der Waals surface area contributed by atoms with Gasteiger partial charge >= 0.3 is 0 Å². The second-order valence-corrected chi connectivity index (χ2v) is 2.69. The van der Waals surface area contributed by atoms with Crippen LogP contribution in [0.1, 0.15) is 13.0 Å². The lowest BCUT2D eigenvalue weighted by molar-refractivity contribution is 1.05. The van der Waals surface area contributed by atoms with E-state index in [1.807, 2.05) is 31.3 Å². The van der Waals surface area contributed by atoms with Crippen molar-refractivity contribution in [3.05, 3.63) is 29.8 Å². The van der Waals surface area contributed by atoms with E-state index in [2.05, 4.69) is 10.3 Å². The van der Waals surface area contributed by atoms with Crippen molar-refractivity contribution in [3.8, 4) is 0 Å². The van der Waals surface area contributed by atoms with Crippen molar-refractivity contribution in [2.45, 2.75) is 14.0 Å². The fourth-order valence-corrected chi connectivity index (χ4v) is 1.01. The van der Waals surface area contributed by atoms with Gasteiger partial charge in [-0.2, -0.15) is 0 Å². The Labute approximate surface area is 85.0 Å². The van der Waals surface area contributed by atoms with Crippen LogP contribution in [0.25, 0.3) is 0 Å². The maximum Gasteiger partial charge on any atom is 0.186 e. The molecule has 5 N–H and O–H groups in total.